The van der Waals surface area contributed by atoms with E-state index in [0.717, 1.165) is 0 Å². The zero-order valence-electron chi connectivity index (χ0n) is 15.1. The molecule has 10 heteroatoms. The van der Waals surface area contributed by atoms with Gasteiger partial charge in [-0.3, -0.25) is 4.79 Å². The lowest BCUT2D eigenvalue weighted by Gasteiger charge is -2.15. The lowest BCUT2D eigenvalue weighted by molar-refractivity contribution is -0.255. The van der Waals surface area contributed by atoms with Gasteiger partial charge in [0.1, 0.15) is 12.1 Å². The SMILES string of the molecule is COc1ccc(/C=N\NC(=O)Cn2nnc3ccccc32)c(C(=O)[O-])c1OC. The smallest absolute Gasteiger partial charge is 0.261 e. The number of hydrazone groups is 1. The minimum Gasteiger partial charge on any atom is -0.545 e. The van der Waals surface area contributed by atoms with Gasteiger partial charge in [0.15, 0.2) is 11.5 Å². The van der Waals surface area contributed by atoms with Crippen molar-refractivity contribution in [1.82, 2.24) is 20.4 Å². The highest BCUT2D eigenvalue weighted by Gasteiger charge is 2.15. The maximum Gasteiger partial charge on any atom is 0.261 e. The van der Waals surface area contributed by atoms with E-state index < -0.39 is 11.9 Å². The van der Waals surface area contributed by atoms with Gasteiger partial charge in [-0.25, -0.2) is 10.1 Å². The zero-order chi connectivity index (χ0) is 20.1. The summed E-state index contributed by atoms with van der Waals surface area (Å²) in [5.41, 5.74) is 3.65. The van der Waals surface area contributed by atoms with E-state index in [1.807, 2.05) is 12.1 Å². The van der Waals surface area contributed by atoms with Crippen molar-refractivity contribution in [2.45, 2.75) is 6.54 Å². The van der Waals surface area contributed by atoms with Crippen molar-refractivity contribution in [3.05, 3.63) is 47.5 Å². The Morgan fingerprint density at radius 3 is 2.71 bits per heavy atom. The third-order valence-corrected chi connectivity index (χ3v) is 3.89. The van der Waals surface area contributed by atoms with Crippen LogP contribution in [0.4, 0.5) is 0 Å². The topological polar surface area (TPSA) is 131 Å². The summed E-state index contributed by atoms with van der Waals surface area (Å²) in [7, 11) is 2.70. The van der Waals surface area contributed by atoms with Crippen molar-refractivity contribution in [3.8, 4) is 11.5 Å². The molecule has 1 heterocycles. The molecule has 1 N–H and O–H groups in total. The van der Waals surface area contributed by atoms with Crippen molar-refractivity contribution in [2.24, 2.45) is 5.10 Å². The molecule has 28 heavy (non-hydrogen) atoms. The Bertz CT molecular complexity index is 1060. The van der Waals surface area contributed by atoms with Gasteiger partial charge in [-0.1, -0.05) is 17.3 Å². The van der Waals surface area contributed by atoms with Crippen LogP contribution in [-0.2, 0) is 11.3 Å². The number of nitrogens with one attached hydrogen (secondary N) is 1. The Hall–Kier alpha value is -3.95. The number of para-hydroxylation sites is 1. The summed E-state index contributed by atoms with van der Waals surface area (Å²) in [5.74, 6) is -1.67. The number of amides is 1. The predicted molar refractivity (Wildman–Crippen MR) is 97.1 cm³/mol. The number of carbonyl (C=O) groups is 2. The molecule has 0 spiro atoms. The van der Waals surface area contributed by atoms with Crippen LogP contribution in [0.3, 0.4) is 0 Å². The van der Waals surface area contributed by atoms with Crippen LogP contribution in [0.1, 0.15) is 15.9 Å². The summed E-state index contributed by atoms with van der Waals surface area (Å²) in [5, 5.41) is 23.2. The molecule has 0 radical (unpaired) electrons. The summed E-state index contributed by atoms with van der Waals surface area (Å²) in [6.45, 7) is -0.100. The maximum absolute atomic E-state index is 12.1. The molecule has 0 aliphatic heterocycles. The van der Waals surface area contributed by atoms with Crippen molar-refractivity contribution in [1.29, 1.82) is 0 Å². The van der Waals surface area contributed by atoms with E-state index in [9.17, 15) is 14.7 Å². The Balaban J connectivity index is 1.75. The number of carboxylic acids is 1. The van der Waals surface area contributed by atoms with Gasteiger partial charge in [-0.05, 0) is 24.3 Å². The summed E-state index contributed by atoms with van der Waals surface area (Å²) in [6.07, 6.45) is 1.18. The molecule has 0 saturated carbocycles. The number of methoxy groups -OCH3 is 2. The number of rotatable bonds is 7. The molecule has 0 saturated heterocycles. The van der Waals surface area contributed by atoms with E-state index in [2.05, 4.69) is 20.8 Å². The molecular weight excluding hydrogens is 366 g/mol. The van der Waals surface area contributed by atoms with E-state index in [1.165, 1.54) is 37.2 Å². The number of hydrogen-bond acceptors (Lipinski definition) is 8. The molecule has 2 aromatic carbocycles. The zero-order valence-corrected chi connectivity index (χ0v) is 15.1. The van der Waals surface area contributed by atoms with Gasteiger partial charge in [0.05, 0.1) is 37.5 Å². The van der Waals surface area contributed by atoms with Crippen LogP contribution in [0.25, 0.3) is 11.0 Å². The lowest BCUT2D eigenvalue weighted by atomic mass is 10.1. The first-order chi connectivity index (χ1) is 13.5. The van der Waals surface area contributed by atoms with Gasteiger partial charge in [-0.15, -0.1) is 5.10 Å². The molecule has 0 aliphatic rings. The maximum atomic E-state index is 12.1. The summed E-state index contributed by atoms with van der Waals surface area (Å²) in [6, 6.07) is 10.2. The number of aromatic nitrogens is 3. The second kappa shape index (κ2) is 8.16. The fraction of sp³-hybridized carbons (Fsp3) is 0.167. The first kappa shape index (κ1) is 18.8. The molecule has 1 amide bonds. The van der Waals surface area contributed by atoms with Gasteiger partial charge in [0.25, 0.3) is 5.91 Å². The van der Waals surface area contributed by atoms with E-state index in [4.69, 9.17) is 9.47 Å². The molecule has 0 aliphatic carbocycles. The van der Waals surface area contributed by atoms with Gasteiger partial charge in [-0.2, -0.15) is 5.10 Å². The highest BCUT2D eigenvalue weighted by Crippen LogP contribution is 2.32. The number of nitrogens with zero attached hydrogens (tertiary/aromatic N) is 4. The fourth-order valence-corrected chi connectivity index (χ4v) is 2.64. The highest BCUT2D eigenvalue weighted by atomic mass is 16.5. The van der Waals surface area contributed by atoms with E-state index in [0.29, 0.717) is 11.0 Å². The largest absolute Gasteiger partial charge is 0.545 e. The van der Waals surface area contributed by atoms with Crippen LogP contribution in [0, 0.1) is 0 Å². The molecule has 0 unspecified atom stereocenters. The number of carbonyl (C=O) groups excluding carboxylic acids is 2. The quantitative estimate of drug-likeness (QED) is 0.448. The standard InChI is InChI=1S/C18H17N5O5/c1-27-14-8-7-11(16(18(25)26)17(14)28-2)9-19-21-15(24)10-23-13-6-4-3-5-12(13)20-22-23/h3-9H,10H2,1-2H3,(H,21,24)(H,25,26)/p-1/b19-9-. The van der Waals surface area contributed by atoms with Gasteiger partial charge >= 0.3 is 0 Å². The number of benzene rings is 2. The van der Waals surface area contributed by atoms with Crippen molar-refractivity contribution >= 4 is 29.1 Å². The number of ether oxygens (including phenoxy) is 2. The van der Waals surface area contributed by atoms with Crippen molar-refractivity contribution in [2.75, 3.05) is 14.2 Å². The van der Waals surface area contributed by atoms with Crippen molar-refractivity contribution < 1.29 is 24.2 Å². The Morgan fingerprint density at radius 2 is 2.00 bits per heavy atom. The molecule has 3 rings (SSSR count). The molecule has 0 bridgehead atoms. The summed E-state index contributed by atoms with van der Waals surface area (Å²) >= 11 is 0. The van der Waals surface area contributed by atoms with E-state index >= 15 is 0 Å². The summed E-state index contributed by atoms with van der Waals surface area (Å²) < 4.78 is 11.6. The predicted octanol–water partition coefficient (Wildman–Crippen LogP) is -0.0377. The van der Waals surface area contributed by atoms with Crippen LogP contribution in [0.5, 0.6) is 11.5 Å². The average Bonchev–Trinajstić information content (AvgIpc) is 3.10. The van der Waals surface area contributed by atoms with Crippen LogP contribution in [0.15, 0.2) is 41.5 Å². The van der Waals surface area contributed by atoms with Gasteiger partial charge in [0, 0.05) is 5.56 Å². The Morgan fingerprint density at radius 1 is 1.21 bits per heavy atom. The third kappa shape index (κ3) is 3.75. The van der Waals surface area contributed by atoms with Crippen molar-refractivity contribution in [3.63, 3.8) is 0 Å². The normalized spacial score (nSPS) is 10.9. The van der Waals surface area contributed by atoms with Gasteiger partial charge < -0.3 is 19.4 Å². The van der Waals surface area contributed by atoms with Gasteiger partial charge in [0.2, 0.25) is 0 Å². The van der Waals surface area contributed by atoms with Crippen LogP contribution in [0.2, 0.25) is 0 Å². The summed E-state index contributed by atoms with van der Waals surface area (Å²) in [4.78, 5) is 23.6. The molecule has 144 valence electrons. The average molecular weight is 382 g/mol. The van der Waals surface area contributed by atoms with E-state index in [-0.39, 0.29) is 29.2 Å². The minimum atomic E-state index is -1.46. The molecule has 0 fully saturated rings. The Kier molecular flexibility index (Phi) is 5.49. The molecule has 0 atom stereocenters. The number of fused-ring (bicyclic) bond motifs is 1. The van der Waals surface area contributed by atoms with Crippen LogP contribution >= 0.6 is 0 Å². The van der Waals surface area contributed by atoms with Crippen LogP contribution in [-0.4, -0.2) is 47.3 Å². The minimum absolute atomic E-state index is 0.00635. The second-order valence-corrected chi connectivity index (χ2v) is 5.58. The second-order valence-electron chi connectivity index (χ2n) is 5.58. The number of aromatic carboxylic acids is 1. The highest BCUT2D eigenvalue weighted by molar-refractivity contribution is 6.01. The number of hydrogen-bond donors (Lipinski definition) is 1. The molecule has 1 aromatic heterocycles. The first-order valence-corrected chi connectivity index (χ1v) is 8.11. The Labute approximate surface area is 159 Å². The molecule has 3 aromatic rings. The third-order valence-electron chi connectivity index (χ3n) is 3.89. The first-order valence-electron chi connectivity index (χ1n) is 8.11. The lowest BCUT2D eigenvalue weighted by Crippen LogP contribution is -2.26. The fourth-order valence-electron chi connectivity index (χ4n) is 2.64. The van der Waals surface area contributed by atoms with E-state index in [1.54, 1.807) is 12.1 Å². The monoisotopic (exact) mass is 382 g/mol. The number of carboxylic acid groups (broad SMARTS) is 1. The molecular formula is C18H16N5O5-. The molecule has 10 nitrogen and oxygen atoms in total. The van der Waals surface area contributed by atoms with Crippen LogP contribution < -0.4 is 20.0 Å².